The summed E-state index contributed by atoms with van der Waals surface area (Å²) < 4.78 is 40.1. The molecule has 0 radical (unpaired) electrons. The second-order valence-electron chi connectivity index (χ2n) is 8.30. The molecule has 0 bridgehead atoms. The minimum Gasteiger partial charge on any atom is -0.493 e. The first-order valence-corrected chi connectivity index (χ1v) is 11.6. The second kappa shape index (κ2) is 9.78. The van der Waals surface area contributed by atoms with Crippen LogP contribution >= 0.6 is 11.8 Å². The monoisotopic (exact) mass is 507 g/mol. The lowest BCUT2D eigenvalue weighted by Crippen LogP contribution is -2.47. The Hall–Kier alpha value is -3.25. The van der Waals surface area contributed by atoms with Crippen molar-refractivity contribution in [3.05, 3.63) is 70.0 Å². The molecule has 0 aliphatic carbocycles. The van der Waals surface area contributed by atoms with Crippen LogP contribution in [0.25, 0.3) is 5.69 Å². The topological polar surface area (TPSA) is 83.6 Å². The van der Waals surface area contributed by atoms with E-state index in [1.807, 2.05) is 7.05 Å². The lowest BCUT2D eigenvalue weighted by Gasteiger charge is -2.32. The van der Waals surface area contributed by atoms with E-state index in [2.05, 4.69) is 9.88 Å². The molecule has 1 aliphatic heterocycles. The number of aromatic nitrogens is 3. The molecule has 1 aliphatic rings. The molecule has 35 heavy (non-hydrogen) atoms. The molecule has 8 nitrogen and oxygen atoms in total. The summed E-state index contributed by atoms with van der Waals surface area (Å²) in [5.74, 6) is -0.490. The standard InChI is InChI=1S/C23H24F3N5O3S/c1-15-20(32)31(17-3-5-18(6-4-17)35-23(24,25)26)22(34)30(15)14-16-7-8-27-19(13-16)21(33)29-11-9-28(2)10-12-29/h3-8,13,32H,9-12,14H2,1-2H3. The van der Waals surface area contributed by atoms with Crippen LogP contribution in [-0.4, -0.2) is 73.7 Å². The largest absolute Gasteiger partial charge is 0.493 e. The van der Waals surface area contributed by atoms with Gasteiger partial charge in [-0.05, 0) is 67.7 Å². The Balaban J connectivity index is 1.57. The molecule has 0 spiro atoms. The Morgan fingerprint density at radius 3 is 2.40 bits per heavy atom. The number of amides is 1. The van der Waals surface area contributed by atoms with E-state index >= 15 is 0 Å². The summed E-state index contributed by atoms with van der Waals surface area (Å²) in [7, 11) is 2.00. The van der Waals surface area contributed by atoms with Gasteiger partial charge in [-0.2, -0.15) is 13.2 Å². The van der Waals surface area contributed by atoms with Crippen LogP contribution in [0, 0.1) is 6.92 Å². The molecule has 4 rings (SSSR count). The van der Waals surface area contributed by atoms with Gasteiger partial charge in [0.2, 0.25) is 5.88 Å². The number of aromatic hydroxyl groups is 1. The number of likely N-dealkylation sites (N-methyl/N-ethyl adjacent to an activating group) is 1. The first-order chi connectivity index (χ1) is 16.5. The van der Waals surface area contributed by atoms with Crippen molar-refractivity contribution >= 4 is 17.7 Å². The molecule has 1 amide bonds. The van der Waals surface area contributed by atoms with Crippen molar-refractivity contribution in [2.75, 3.05) is 33.2 Å². The molecule has 0 saturated carbocycles. The number of hydrogen-bond donors (Lipinski definition) is 1. The number of benzene rings is 1. The van der Waals surface area contributed by atoms with Crippen LogP contribution in [-0.2, 0) is 6.54 Å². The van der Waals surface area contributed by atoms with Crippen molar-refractivity contribution in [1.29, 1.82) is 0 Å². The molecule has 0 atom stereocenters. The highest BCUT2D eigenvalue weighted by Crippen LogP contribution is 2.37. The number of halogens is 3. The van der Waals surface area contributed by atoms with Crippen LogP contribution in [0.3, 0.4) is 0 Å². The van der Waals surface area contributed by atoms with E-state index in [0.717, 1.165) is 17.7 Å². The molecule has 186 valence electrons. The Kier molecular flexibility index (Phi) is 6.95. The molecule has 1 saturated heterocycles. The van der Waals surface area contributed by atoms with Crippen molar-refractivity contribution in [2.24, 2.45) is 0 Å². The summed E-state index contributed by atoms with van der Waals surface area (Å²) in [6.07, 6.45) is 1.51. The summed E-state index contributed by atoms with van der Waals surface area (Å²) in [6.45, 7) is 4.43. The quantitative estimate of drug-likeness (QED) is 0.535. The van der Waals surface area contributed by atoms with Gasteiger partial charge in [-0.3, -0.25) is 14.3 Å². The Morgan fingerprint density at radius 1 is 1.11 bits per heavy atom. The Bertz CT molecular complexity index is 1280. The average Bonchev–Trinajstić information content (AvgIpc) is 3.02. The van der Waals surface area contributed by atoms with Crippen LogP contribution in [0.1, 0.15) is 21.7 Å². The Labute approximate surface area is 203 Å². The summed E-state index contributed by atoms with van der Waals surface area (Å²) in [4.78, 5) is 34.0. The zero-order chi connectivity index (χ0) is 25.3. The predicted molar refractivity (Wildman–Crippen MR) is 125 cm³/mol. The minimum absolute atomic E-state index is 0.0284. The van der Waals surface area contributed by atoms with Crippen LogP contribution in [0.15, 0.2) is 52.3 Å². The molecule has 2 aromatic heterocycles. The molecular formula is C23H24F3N5O3S. The van der Waals surface area contributed by atoms with Gasteiger partial charge in [0.25, 0.3) is 5.91 Å². The fourth-order valence-corrected chi connectivity index (χ4v) is 4.44. The van der Waals surface area contributed by atoms with Gasteiger partial charge in [-0.25, -0.2) is 9.36 Å². The van der Waals surface area contributed by atoms with Crippen molar-refractivity contribution < 1.29 is 23.1 Å². The number of imidazole rings is 1. The molecule has 0 unspecified atom stereocenters. The highest BCUT2D eigenvalue weighted by Gasteiger charge is 2.29. The van der Waals surface area contributed by atoms with Gasteiger partial charge in [0.05, 0.1) is 17.9 Å². The number of rotatable bonds is 5. The number of nitrogens with zero attached hydrogens (tertiary/aromatic N) is 5. The lowest BCUT2D eigenvalue weighted by molar-refractivity contribution is -0.0328. The van der Waals surface area contributed by atoms with E-state index in [1.165, 1.54) is 35.0 Å². The minimum atomic E-state index is -4.42. The fraction of sp³-hybridized carbons (Fsp3) is 0.348. The number of piperazine rings is 1. The molecular weight excluding hydrogens is 483 g/mol. The number of hydrogen-bond acceptors (Lipinski definition) is 6. The van der Waals surface area contributed by atoms with Crippen molar-refractivity contribution in [3.8, 4) is 11.6 Å². The van der Waals surface area contributed by atoms with E-state index in [0.29, 0.717) is 18.7 Å². The van der Waals surface area contributed by atoms with Crippen molar-refractivity contribution in [3.63, 3.8) is 0 Å². The predicted octanol–water partition coefficient (Wildman–Crippen LogP) is 3.10. The third kappa shape index (κ3) is 5.54. The zero-order valence-corrected chi connectivity index (χ0v) is 19.9. The van der Waals surface area contributed by atoms with Gasteiger partial charge in [-0.1, -0.05) is 0 Å². The summed E-state index contributed by atoms with van der Waals surface area (Å²) in [6, 6.07) is 8.49. The van der Waals surface area contributed by atoms with Gasteiger partial charge in [-0.15, -0.1) is 0 Å². The fourth-order valence-electron chi connectivity index (χ4n) is 3.90. The third-order valence-electron chi connectivity index (χ3n) is 5.87. The van der Waals surface area contributed by atoms with Crippen LogP contribution in [0.5, 0.6) is 5.88 Å². The van der Waals surface area contributed by atoms with Gasteiger partial charge < -0.3 is 14.9 Å². The van der Waals surface area contributed by atoms with E-state index in [-0.39, 0.29) is 52.1 Å². The van der Waals surface area contributed by atoms with E-state index in [4.69, 9.17) is 0 Å². The molecule has 1 aromatic carbocycles. The first kappa shape index (κ1) is 24.9. The number of carbonyl (C=O) groups excluding carboxylic acids is 1. The van der Waals surface area contributed by atoms with Gasteiger partial charge in [0, 0.05) is 37.3 Å². The van der Waals surface area contributed by atoms with Gasteiger partial charge in [0.15, 0.2) is 0 Å². The number of carbonyl (C=O) groups is 1. The second-order valence-corrected chi connectivity index (χ2v) is 9.44. The van der Waals surface area contributed by atoms with Crippen molar-refractivity contribution in [2.45, 2.75) is 23.9 Å². The first-order valence-electron chi connectivity index (χ1n) is 10.8. The summed E-state index contributed by atoms with van der Waals surface area (Å²) >= 11 is -0.257. The lowest BCUT2D eigenvalue weighted by atomic mass is 10.2. The van der Waals surface area contributed by atoms with Gasteiger partial charge >= 0.3 is 11.2 Å². The van der Waals surface area contributed by atoms with E-state index in [1.54, 1.807) is 24.0 Å². The average molecular weight is 508 g/mol. The SMILES string of the molecule is Cc1c(O)n(-c2ccc(SC(F)(F)F)cc2)c(=O)n1Cc1ccnc(C(=O)N2CCN(C)CC2)c1. The maximum absolute atomic E-state index is 13.1. The smallest absolute Gasteiger partial charge is 0.446 e. The third-order valence-corrected chi connectivity index (χ3v) is 6.60. The number of thioether (sulfide) groups is 1. The summed E-state index contributed by atoms with van der Waals surface area (Å²) in [5.41, 5.74) is -3.53. The highest BCUT2D eigenvalue weighted by molar-refractivity contribution is 8.00. The maximum Gasteiger partial charge on any atom is 0.446 e. The Morgan fingerprint density at radius 2 is 1.77 bits per heavy atom. The molecule has 3 heterocycles. The maximum atomic E-state index is 13.1. The molecule has 1 N–H and O–H groups in total. The molecule has 3 aromatic rings. The van der Waals surface area contributed by atoms with Crippen molar-refractivity contribution in [1.82, 2.24) is 23.9 Å². The van der Waals surface area contributed by atoms with Gasteiger partial charge in [0.1, 0.15) is 5.69 Å². The van der Waals surface area contributed by atoms with E-state index in [9.17, 15) is 27.9 Å². The summed E-state index contributed by atoms with van der Waals surface area (Å²) in [5, 5.41) is 10.6. The number of pyridine rings is 1. The van der Waals surface area contributed by atoms with E-state index < -0.39 is 11.2 Å². The highest BCUT2D eigenvalue weighted by atomic mass is 32.2. The normalized spacial score (nSPS) is 14.9. The van der Waals surface area contributed by atoms with Crippen LogP contribution in [0.4, 0.5) is 13.2 Å². The van der Waals surface area contributed by atoms with Crippen LogP contribution < -0.4 is 5.69 Å². The molecule has 1 fully saturated rings. The molecule has 12 heteroatoms. The number of alkyl halides is 3. The van der Waals surface area contributed by atoms with Crippen LogP contribution in [0.2, 0.25) is 0 Å². The zero-order valence-electron chi connectivity index (χ0n) is 19.1.